The van der Waals surface area contributed by atoms with Crippen LogP contribution in [-0.2, 0) is 0 Å². The topological polar surface area (TPSA) is 26.7 Å². The van der Waals surface area contributed by atoms with Crippen molar-refractivity contribution in [3.05, 3.63) is 35.4 Å². The van der Waals surface area contributed by atoms with Gasteiger partial charge in [0, 0.05) is 19.6 Å². The first-order valence-corrected chi connectivity index (χ1v) is 8.69. The Kier molecular flexibility index (Phi) is 5.62. The predicted molar refractivity (Wildman–Crippen MR) is 86.2 cm³/mol. The highest BCUT2D eigenvalue weighted by atomic mass is 19.2. The number of nitrogens with zero attached hydrogens (tertiary/aromatic N) is 2. The van der Waals surface area contributed by atoms with E-state index in [1.54, 1.807) is 0 Å². The zero-order valence-corrected chi connectivity index (χ0v) is 13.6. The molecule has 2 aliphatic rings. The molecule has 3 rings (SSSR count). The molecular formula is C18H26F2N2O. The number of hydrogen-bond acceptors (Lipinski definition) is 3. The van der Waals surface area contributed by atoms with Gasteiger partial charge in [-0.25, -0.2) is 8.78 Å². The molecule has 0 aromatic heterocycles. The number of piperidine rings is 1. The third-order valence-corrected chi connectivity index (χ3v) is 5.09. The number of likely N-dealkylation sites (tertiary alicyclic amines) is 2. The highest BCUT2D eigenvalue weighted by molar-refractivity contribution is 5.20. The van der Waals surface area contributed by atoms with Crippen LogP contribution in [0.3, 0.4) is 0 Å². The molecule has 2 heterocycles. The van der Waals surface area contributed by atoms with Gasteiger partial charge in [0.2, 0.25) is 0 Å². The van der Waals surface area contributed by atoms with Crippen LogP contribution >= 0.6 is 0 Å². The molecule has 0 aliphatic carbocycles. The maximum Gasteiger partial charge on any atom is 0.159 e. The minimum absolute atomic E-state index is 0.448. The van der Waals surface area contributed by atoms with Gasteiger partial charge in [0.15, 0.2) is 11.6 Å². The molecule has 1 aromatic rings. The van der Waals surface area contributed by atoms with Crippen LogP contribution in [-0.4, -0.2) is 54.2 Å². The minimum atomic E-state index is -0.897. The van der Waals surface area contributed by atoms with Gasteiger partial charge in [-0.1, -0.05) is 12.5 Å². The van der Waals surface area contributed by atoms with Crippen molar-refractivity contribution in [2.24, 2.45) is 5.92 Å². The van der Waals surface area contributed by atoms with Crippen molar-refractivity contribution in [1.82, 2.24) is 9.80 Å². The van der Waals surface area contributed by atoms with Crippen molar-refractivity contribution in [3.63, 3.8) is 0 Å². The number of aliphatic hydroxyl groups excluding tert-OH is 1. The largest absolute Gasteiger partial charge is 0.387 e. The van der Waals surface area contributed by atoms with Crippen molar-refractivity contribution in [1.29, 1.82) is 0 Å². The highest BCUT2D eigenvalue weighted by Gasteiger charge is 2.26. The lowest BCUT2D eigenvalue weighted by molar-refractivity contribution is 0.121. The lowest BCUT2D eigenvalue weighted by atomic mass is 10.1. The Hall–Kier alpha value is -1.04. The third kappa shape index (κ3) is 4.49. The summed E-state index contributed by atoms with van der Waals surface area (Å²) >= 11 is 0. The number of β-amino-alcohol motifs (C(OH)–C–C–N with tert-alkyl or cyclic N) is 1. The number of aliphatic hydroxyl groups is 1. The van der Waals surface area contributed by atoms with E-state index in [0.717, 1.165) is 38.2 Å². The average molecular weight is 324 g/mol. The second-order valence-corrected chi connectivity index (χ2v) is 6.96. The van der Waals surface area contributed by atoms with Crippen molar-refractivity contribution in [3.8, 4) is 0 Å². The first-order chi connectivity index (χ1) is 11.1. The van der Waals surface area contributed by atoms with Crippen molar-refractivity contribution in [2.45, 2.75) is 31.8 Å². The monoisotopic (exact) mass is 324 g/mol. The summed E-state index contributed by atoms with van der Waals surface area (Å²) in [5.41, 5.74) is 0.448. The standard InChI is InChI=1S/C18H26F2N2O/c19-16-5-4-15(10-17(16)20)18(23)13-22-9-6-14(12-22)11-21-7-2-1-3-8-21/h4-5,10,14,18,23H,1-3,6-9,11-13H2. The zero-order chi connectivity index (χ0) is 16.2. The van der Waals surface area contributed by atoms with Gasteiger partial charge >= 0.3 is 0 Å². The van der Waals surface area contributed by atoms with Gasteiger partial charge in [-0.05, 0) is 62.5 Å². The van der Waals surface area contributed by atoms with Crippen LogP contribution < -0.4 is 0 Å². The quantitative estimate of drug-likeness (QED) is 0.902. The van der Waals surface area contributed by atoms with Crippen molar-refractivity contribution in [2.75, 3.05) is 39.3 Å². The number of halogens is 2. The van der Waals surface area contributed by atoms with Gasteiger partial charge < -0.3 is 14.9 Å². The molecule has 23 heavy (non-hydrogen) atoms. The first kappa shape index (κ1) is 16.8. The lowest BCUT2D eigenvalue weighted by Crippen LogP contribution is -2.35. The number of rotatable bonds is 5. The molecule has 0 spiro atoms. The van der Waals surface area contributed by atoms with Gasteiger partial charge in [-0.2, -0.15) is 0 Å². The number of hydrogen-bond donors (Lipinski definition) is 1. The second kappa shape index (κ2) is 7.69. The SMILES string of the molecule is OC(CN1CCC(CN2CCCCC2)C1)c1ccc(F)c(F)c1. The molecule has 2 atom stereocenters. The van der Waals surface area contributed by atoms with Crippen LogP contribution in [0.2, 0.25) is 0 Å². The van der Waals surface area contributed by atoms with Crippen LogP contribution in [0.15, 0.2) is 18.2 Å². The van der Waals surface area contributed by atoms with Crippen LogP contribution in [0.1, 0.15) is 37.4 Å². The molecule has 0 saturated carbocycles. The Balaban J connectivity index is 1.47. The molecule has 0 amide bonds. The first-order valence-electron chi connectivity index (χ1n) is 8.69. The lowest BCUT2D eigenvalue weighted by Gasteiger charge is -2.29. The van der Waals surface area contributed by atoms with Gasteiger partial charge in [-0.3, -0.25) is 0 Å². The Morgan fingerprint density at radius 2 is 1.83 bits per heavy atom. The molecule has 2 unspecified atom stereocenters. The van der Waals surface area contributed by atoms with Gasteiger partial charge in [0.25, 0.3) is 0 Å². The minimum Gasteiger partial charge on any atom is -0.387 e. The van der Waals surface area contributed by atoms with Crippen molar-refractivity contribution >= 4 is 0 Å². The Morgan fingerprint density at radius 1 is 1.04 bits per heavy atom. The summed E-state index contributed by atoms with van der Waals surface area (Å²) in [7, 11) is 0. The zero-order valence-electron chi connectivity index (χ0n) is 13.6. The molecule has 2 fully saturated rings. The third-order valence-electron chi connectivity index (χ3n) is 5.09. The summed E-state index contributed by atoms with van der Waals surface area (Å²) in [6.45, 7) is 6.03. The molecule has 1 aromatic carbocycles. The average Bonchev–Trinajstić information content (AvgIpc) is 2.98. The van der Waals surface area contributed by atoms with E-state index in [0.29, 0.717) is 18.0 Å². The summed E-state index contributed by atoms with van der Waals surface area (Å²) in [6.07, 6.45) is 4.37. The van der Waals surface area contributed by atoms with Crippen LogP contribution in [0, 0.1) is 17.6 Å². The predicted octanol–water partition coefficient (Wildman–Crippen LogP) is 2.81. The molecule has 1 N–H and O–H groups in total. The van der Waals surface area contributed by atoms with Crippen molar-refractivity contribution < 1.29 is 13.9 Å². The maximum atomic E-state index is 13.3. The van der Waals surface area contributed by atoms with Gasteiger partial charge in [-0.15, -0.1) is 0 Å². The Morgan fingerprint density at radius 3 is 2.57 bits per heavy atom. The summed E-state index contributed by atoms with van der Waals surface area (Å²) in [5, 5.41) is 10.3. The van der Waals surface area contributed by atoms with E-state index in [1.165, 1.54) is 38.4 Å². The smallest absolute Gasteiger partial charge is 0.159 e. The normalized spacial score (nSPS) is 24.9. The van der Waals surface area contributed by atoms with Crippen LogP contribution in [0.25, 0.3) is 0 Å². The van der Waals surface area contributed by atoms with E-state index in [2.05, 4.69) is 9.80 Å². The van der Waals surface area contributed by atoms with E-state index in [1.807, 2.05) is 0 Å². The molecule has 2 aliphatic heterocycles. The van der Waals surface area contributed by atoms with E-state index in [-0.39, 0.29) is 0 Å². The van der Waals surface area contributed by atoms with Gasteiger partial charge in [0.1, 0.15) is 0 Å². The fourth-order valence-electron chi connectivity index (χ4n) is 3.80. The van der Waals surface area contributed by atoms with Crippen LogP contribution in [0.4, 0.5) is 8.78 Å². The van der Waals surface area contributed by atoms with E-state index >= 15 is 0 Å². The van der Waals surface area contributed by atoms with E-state index in [4.69, 9.17) is 0 Å². The summed E-state index contributed by atoms with van der Waals surface area (Å²) in [6, 6.07) is 3.64. The molecule has 0 radical (unpaired) electrons. The molecular weight excluding hydrogens is 298 g/mol. The maximum absolute atomic E-state index is 13.3. The van der Waals surface area contributed by atoms with Gasteiger partial charge in [0.05, 0.1) is 6.10 Å². The number of benzene rings is 1. The summed E-state index contributed by atoms with van der Waals surface area (Å²) in [4.78, 5) is 4.80. The molecule has 5 heteroatoms. The summed E-state index contributed by atoms with van der Waals surface area (Å²) in [5.74, 6) is -1.11. The molecule has 3 nitrogen and oxygen atoms in total. The fourth-order valence-corrected chi connectivity index (χ4v) is 3.80. The van der Waals surface area contributed by atoms with E-state index in [9.17, 15) is 13.9 Å². The van der Waals surface area contributed by atoms with Crippen LogP contribution in [0.5, 0.6) is 0 Å². The molecule has 2 saturated heterocycles. The Bertz CT molecular complexity index is 520. The Labute approximate surface area is 136 Å². The fraction of sp³-hybridized carbons (Fsp3) is 0.667. The van der Waals surface area contributed by atoms with E-state index < -0.39 is 17.7 Å². The molecule has 128 valence electrons. The molecule has 0 bridgehead atoms. The second-order valence-electron chi connectivity index (χ2n) is 6.96. The highest BCUT2D eigenvalue weighted by Crippen LogP contribution is 2.23. The summed E-state index contributed by atoms with van der Waals surface area (Å²) < 4.78 is 26.2.